The number of amides is 1. The molecule has 1 amide bonds. The molecule has 1 N–H and O–H groups in total. The standard InChI is InChI=1S/C21H24N4O2/c1-21(2,3)15-8-6-14(7-9-15)19-23-18(27-24-19)13-22-20(26)17-5-4-12-25(17)16-10-11-16/h4-9,12,16H,10-11,13H2,1-3H3,(H,22,26). The van der Waals surface area contributed by atoms with Crippen molar-refractivity contribution in [2.75, 3.05) is 0 Å². The van der Waals surface area contributed by atoms with Gasteiger partial charge in [-0.3, -0.25) is 4.79 Å². The number of nitrogens with zero attached hydrogens (tertiary/aromatic N) is 3. The summed E-state index contributed by atoms with van der Waals surface area (Å²) in [5.74, 6) is 0.796. The lowest BCUT2D eigenvalue weighted by Gasteiger charge is -2.18. The molecule has 27 heavy (non-hydrogen) atoms. The third kappa shape index (κ3) is 3.79. The van der Waals surface area contributed by atoms with Gasteiger partial charge in [-0.25, -0.2) is 0 Å². The topological polar surface area (TPSA) is 73.0 Å². The summed E-state index contributed by atoms with van der Waals surface area (Å²) >= 11 is 0. The van der Waals surface area contributed by atoms with E-state index in [1.54, 1.807) is 0 Å². The second kappa shape index (κ2) is 6.68. The summed E-state index contributed by atoms with van der Waals surface area (Å²) in [6, 6.07) is 12.4. The molecule has 0 saturated heterocycles. The second-order valence-electron chi connectivity index (χ2n) is 8.05. The van der Waals surface area contributed by atoms with Crippen LogP contribution in [0.1, 0.15) is 61.6 Å². The summed E-state index contributed by atoms with van der Waals surface area (Å²) in [5.41, 5.74) is 2.92. The summed E-state index contributed by atoms with van der Waals surface area (Å²) < 4.78 is 7.32. The van der Waals surface area contributed by atoms with Gasteiger partial charge in [-0.2, -0.15) is 4.98 Å². The maximum Gasteiger partial charge on any atom is 0.268 e. The van der Waals surface area contributed by atoms with E-state index >= 15 is 0 Å². The first kappa shape index (κ1) is 17.5. The highest BCUT2D eigenvalue weighted by Gasteiger charge is 2.26. The van der Waals surface area contributed by atoms with Crippen molar-refractivity contribution in [2.24, 2.45) is 0 Å². The van der Waals surface area contributed by atoms with Gasteiger partial charge in [0.05, 0.1) is 6.54 Å². The van der Waals surface area contributed by atoms with Gasteiger partial charge in [0.1, 0.15) is 5.69 Å². The fourth-order valence-corrected chi connectivity index (χ4v) is 3.07. The molecule has 1 aromatic carbocycles. The minimum atomic E-state index is -0.124. The molecule has 0 bridgehead atoms. The minimum absolute atomic E-state index is 0.101. The second-order valence-corrected chi connectivity index (χ2v) is 8.05. The molecule has 0 aliphatic heterocycles. The van der Waals surface area contributed by atoms with Crippen molar-refractivity contribution in [2.45, 2.75) is 51.6 Å². The van der Waals surface area contributed by atoms with Gasteiger partial charge in [-0.1, -0.05) is 50.2 Å². The highest BCUT2D eigenvalue weighted by Crippen LogP contribution is 2.36. The van der Waals surface area contributed by atoms with Gasteiger partial charge in [0.25, 0.3) is 5.91 Å². The van der Waals surface area contributed by atoms with E-state index in [9.17, 15) is 4.79 Å². The van der Waals surface area contributed by atoms with Crippen LogP contribution in [0.3, 0.4) is 0 Å². The molecule has 140 valence electrons. The Hall–Kier alpha value is -2.89. The fraction of sp³-hybridized carbons (Fsp3) is 0.381. The smallest absolute Gasteiger partial charge is 0.268 e. The normalized spacial score (nSPS) is 14.3. The fourth-order valence-electron chi connectivity index (χ4n) is 3.07. The Morgan fingerprint density at radius 1 is 1.22 bits per heavy atom. The van der Waals surface area contributed by atoms with Crippen LogP contribution in [0.5, 0.6) is 0 Å². The van der Waals surface area contributed by atoms with Gasteiger partial charge in [0, 0.05) is 17.8 Å². The molecule has 0 unspecified atom stereocenters. The van der Waals surface area contributed by atoms with Crippen molar-refractivity contribution in [3.63, 3.8) is 0 Å². The molecule has 6 heteroatoms. The summed E-state index contributed by atoms with van der Waals surface area (Å²) in [7, 11) is 0. The Morgan fingerprint density at radius 2 is 1.96 bits per heavy atom. The molecule has 1 saturated carbocycles. The maximum absolute atomic E-state index is 12.4. The number of benzene rings is 1. The molecule has 0 spiro atoms. The molecule has 1 aliphatic carbocycles. The average molecular weight is 364 g/mol. The van der Waals surface area contributed by atoms with Crippen LogP contribution in [0.2, 0.25) is 0 Å². The van der Waals surface area contributed by atoms with Crippen LogP contribution in [0, 0.1) is 0 Å². The Kier molecular flexibility index (Phi) is 4.34. The van der Waals surface area contributed by atoms with Crippen LogP contribution in [-0.2, 0) is 12.0 Å². The van der Waals surface area contributed by atoms with E-state index in [0.717, 1.165) is 18.4 Å². The Balaban J connectivity index is 1.41. The average Bonchev–Trinajstić information content (AvgIpc) is 3.18. The van der Waals surface area contributed by atoms with Crippen molar-refractivity contribution >= 4 is 5.91 Å². The van der Waals surface area contributed by atoms with Gasteiger partial charge in [-0.05, 0) is 36.0 Å². The van der Waals surface area contributed by atoms with Crippen molar-refractivity contribution < 1.29 is 9.32 Å². The highest BCUT2D eigenvalue weighted by atomic mass is 16.5. The maximum atomic E-state index is 12.4. The van der Waals surface area contributed by atoms with E-state index in [2.05, 4.69) is 48.4 Å². The lowest BCUT2D eigenvalue weighted by atomic mass is 9.87. The molecule has 1 fully saturated rings. The zero-order valence-electron chi connectivity index (χ0n) is 15.9. The highest BCUT2D eigenvalue weighted by molar-refractivity contribution is 5.92. The number of hydrogen-bond donors (Lipinski definition) is 1. The first-order valence-electron chi connectivity index (χ1n) is 9.30. The third-order valence-electron chi connectivity index (χ3n) is 4.83. The van der Waals surface area contributed by atoms with Crippen molar-refractivity contribution in [1.82, 2.24) is 20.0 Å². The first-order valence-corrected chi connectivity index (χ1v) is 9.30. The molecular formula is C21H24N4O2. The van der Waals surface area contributed by atoms with Crippen LogP contribution < -0.4 is 5.32 Å². The first-order chi connectivity index (χ1) is 12.9. The third-order valence-corrected chi connectivity index (χ3v) is 4.83. The van der Waals surface area contributed by atoms with Crippen molar-refractivity contribution in [1.29, 1.82) is 0 Å². The van der Waals surface area contributed by atoms with Crippen LogP contribution >= 0.6 is 0 Å². The number of nitrogens with one attached hydrogen (secondary N) is 1. The number of hydrogen-bond acceptors (Lipinski definition) is 4. The lowest BCUT2D eigenvalue weighted by Crippen LogP contribution is -2.25. The molecule has 4 rings (SSSR count). The number of rotatable bonds is 5. The zero-order valence-corrected chi connectivity index (χ0v) is 15.9. The largest absolute Gasteiger partial charge is 0.342 e. The zero-order chi connectivity index (χ0) is 19.0. The molecule has 2 heterocycles. The Bertz CT molecular complexity index is 943. The van der Waals surface area contributed by atoms with Crippen LogP contribution in [-0.4, -0.2) is 20.6 Å². The summed E-state index contributed by atoms with van der Waals surface area (Å²) in [6.45, 7) is 6.74. The van der Waals surface area contributed by atoms with E-state index in [1.165, 1.54) is 5.56 Å². The molecule has 2 aromatic heterocycles. The molecule has 1 aliphatic rings. The predicted octanol–water partition coefficient (Wildman–Crippen LogP) is 4.10. The molecular weight excluding hydrogens is 340 g/mol. The van der Waals surface area contributed by atoms with Crippen LogP contribution in [0.4, 0.5) is 0 Å². The Morgan fingerprint density at radius 3 is 2.63 bits per heavy atom. The molecule has 0 radical (unpaired) electrons. The van der Waals surface area contributed by atoms with E-state index in [4.69, 9.17) is 4.52 Å². The summed E-state index contributed by atoms with van der Waals surface area (Å²) in [5, 5.41) is 6.89. The summed E-state index contributed by atoms with van der Waals surface area (Å²) in [6.07, 6.45) is 4.23. The summed E-state index contributed by atoms with van der Waals surface area (Å²) in [4.78, 5) is 16.8. The van der Waals surface area contributed by atoms with Gasteiger partial charge >= 0.3 is 0 Å². The molecule has 3 aromatic rings. The quantitative estimate of drug-likeness (QED) is 0.740. The number of aromatic nitrogens is 3. The van der Waals surface area contributed by atoms with E-state index in [0.29, 0.717) is 23.5 Å². The van der Waals surface area contributed by atoms with Crippen molar-refractivity contribution in [3.05, 3.63) is 59.7 Å². The van der Waals surface area contributed by atoms with E-state index in [-0.39, 0.29) is 17.9 Å². The van der Waals surface area contributed by atoms with Crippen LogP contribution in [0.15, 0.2) is 47.1 Å². The van der Waals surface area contributed by atoms with Gasteiger partial charge < -0.3 is 14.4 Å². The van der Waals surface area contributed by atoms with E-state index < -0.39 is 0 Å². The predicted molar refractivity (Wildman–Crippen MR) is 102 cm³/mol. The molecule has 0 atom stereocenters. The van der Waals surface area contributed by atoms with Crippen LogP contribution in [0.25, 0.3) is 11.4 Å². The van der Waals surface area contributed by atoms with Gasteiger partial charge in [0.15, 0.2) is 0 Å². The number of carbonyl (C=O) groups excluding carboxylic acids is 1. The SMILES string of the molecule is CC(C)(C)c1ccc(-c2noc(CNC(=O)c3cccn3C3CC3)n2)cc1. The lowest BCUT2D eigenvalue weighted by molar-refractivity contribution is 0.0936. The van der Waals surface area contributed by atoms with Gasteiger partial charge in [0.2, 0.25) is 11.7 Å². The minimum Gasteiger partial charge on any atom is -0.342 e. The van der Waals surface area contributed by atoms with Gasteiger partial charge in [-0.15, -0.1) is 0 Å². The molecule has 6 nitrogen and oxygen atoms in total. The van der Waals surface area contributed by atoms with Crippen molar-refractivity contribution in [3.8, 4) is 11.4 Å². The number of carbonyl (C=O) groups is 1. The monoisotopic (exact) mass is 364 g/mol. The Labute approximate surface area is 158 Å². The van der Waals surface area contributed by atoms with E-state index in [1.807, 2.05) is 35.0 Å².